The minimum absolute atomic E-state index is 0.258. The fourth-order valence-electron chi connectivity index (χ4n) is 2.39. The summed E-state index contributed by atoms with van der Waals surface area (Å²) in [5.41, 5.74) is 0.562. The molecule has 2 saturated heterocycles. The lowest BCUT2D eigenvalue weighted by Crippen LogP contribution is -2.41. The standard InChI is InChI=1S/C14H22BNO3S/c1-13(2)14(3,4)19-15(18-13)11-9-12(20-10-11)16-5-7-17-8-6-16/h9-10H,5-8H2,1-4H3. The van der Waals surface area contributed by atoms with Crippen LogP contribution in [0.4, 0.5) is 5.00 Å². The second kappa shape index (κ2) is 5.02. The Kier molecular flexibility index (Phi) is 3.61. The third-order valence-corrected chi connectivity index (χ3v) is 5.46. The van der Waals surface area contributed by atoms with E-state index in [1.165, 1.54) is 5.00 Å². The van der Waals surface area contributed by atoms with E-state index in [0.29, 0.717) is 0 Å². The fourth-order valence-corrected chi connectivity index (χ4v) is 3.36. The monoisotopic (exact) mass is 295 g/mol. The number of thiophene rings is 1. The normalized spacial score (nSPS) is 25.2. The number of hydrogen-bond acceptors (Lipinski definition) is 5. The van der Waals surface area contributed by atoms with Gasteiger partial charge in [-0.05, 0) is 44.6 Å². The van der Waals surface area contributed by atoms with Crippen molar-refractivity contribution in [3.05, 3.63) is 11.4 Å². The third-order valence-electron chi connectivity index (χ3n) is 4.45. The maximum atomic E-state index is 6.09. The topological polar surface area (TPSA) is 30.9 Å². The van der Waals surface area contributed by atoms with Crippen molar-refractivity contribution in [3.8, 4) is 0 Å². The SMILES string of the molecule is CC1(C)OB(c2csc(N3CCOCC3)c2)OC1(C)C. The lowest BCUT2D eigenvalue weighted by Gasteiger charge is -2.32. The van der Waals surface area contributed by atoms with Gasteiger partial charge in [0.2, 0.25) is 0 Å². The molecule has 0 unspecified atom stereocenters. The molecule has 1 aromatic heterocycles. The van der Waals surface area contributed by atoms with E-state index in [2.05, 4.69) is 44.0 Å². The zero-order valence-electron chi connectivity index (χ0n) is 12.6. The van der Waals surface area contributed by atoms with Gasteiger partial charge in [-0.2, -0.15) is 0 Å². The van der Waals surface area contributed by atoms with Crippen LogP contribution in [0.15, 0.2) is 11.4 Å². The van der Waals surface area contributed by atoms with Crippen LogP contribution in [0.2, 0.25) is 0 Å². The van der Waals surface area contributed by atoms with E-state index in [4.69, 9.17) is 14.0 Å². The molecule has 3 rings (SSSR count). The van der Waals surface area contributed by atoms with E-state index in [1.807, 2.05) is 0 Å². The molecule has 0 spiro atoms. The van der Waals surface area contributed by atoms with Gasteiger partial charge in [0.15, 0.2) is 0 Å². The Hall–Kier alpha value is -0.555. The van der Waals surface area contributed by atoms with Crippen molar-refractivity contribution in [2.24, 2.45) is 0 Å². The van der Waals surface area contributed by atoms with E-state index >= 15 is 0 Å². The Bertz CT molecular complexity index is 467. The van der Waals surface area contributed by atoms with E-state index < -0.39 is 0 Å². The van der Waals surface area contributed by atoms with Crippen molar-refractivity contribution >= 4 is 28.9 Å². The molecular weight excluding hydrogens is 273 g/mol. The molecule has 0 aromatic carbocycles. The third kappa shape index (κ3) is 2.50. The molecule has 2 aliphatic heterocycles. The molecule has 2 fully saturated rings. The molecule has 6 heteroatoms. The van der Waals surface area contributed by atoms with Crippen molar-refractivity contribution in [1.29, 1.82) is 0 Å². The van der Waals surface area contributed by atoms with Crippen LogP contribution in [0.25, 0.3) is 0 Å². The minimum atomic E-state index is -0.279. The number of hydrogen-bond donors (Lipinski definition) is 0. The van der Waals surface area contributed by atoms with Crippen LogP contribution in [0.1, 0.15) is 27.7 Å². The predicted molar refractivity (Wildman–Crippen MR) is 83.1 cm³/mol. The highest BCUT2D eigenvalue weighted by Crippen LogP contribution is 2.37. The lowest BCUT2D eigenvalue weighted by atomic mass is 9.81. The smallest absolute Gasteiger partial charge is 0.399 e. The molecule has 0 aliphatic carbocycles. The average Bonchev–Trinajstić information content (AvgIpc) is 2.94. The van der Waals surface area contributed by atoms with E-state index in [-0.39, 0.29) is 18.3 Å². The summed E-state index contributed by atoms with van der Waals surface area (Å²) in [5, 5.41) is 3.42. The molecule has 0 atom stereocenters. The number of morpholine rings is 1. The predicted octanol–water partition coefficient (Wildman–Crippen LogP) is 1.88. The molecule has 1 aromatic rings. The van der Waals surface area contributed by atoms with E-state index in [1.54, 1.807) is 11.3 Å². The van der Waals surface area contributed by atoms with Gasteiger partial charge in [-0.15, -0.1) is 11.3 Å². The molecule has 2 aliphatic rings. The number of nitrogens with zero attached hydrogens (tertiary/aromatic N) is 1. The summed E-state index contributed by atoms with van der Waals surface area (Å²) in [6, 6.07) is 2.19. The van der Waals surface area contributed by atoms with Crippen LogP contribution >= 0.6 is 11.3 Å². The molecule has 0 bridgehead atoms. The summed E-state index contributed by atoms with van der Waals surface area (Å²) in [6.07, 6.45) is 0. The molecule has 110 valence electrons. The molecule has 0 radical (unpaired) electrons. The summed E-state index contributed by atoms with van der Waals surface area (Å²) in [7, 11) is -0.258. The lowest BCUT2D eigenvalue weighted by molar-refractivity contribution is 0.00578. The zero-order valence-corrected chi connectivity index (χ0v) is 13.5. The summed E-state index contributed by atoms with van der Waals surface area (Å²) in [4.78, 5) is 2.36. The van der Waals surface area contributed by atoms with Gasteiger partial charge in [-0.3, -0.25) is 0 Å². The van der Waals surface area contributed by atoms with Gasteiger partial charge in [0, 0.05) is 13.1 Å². The maximum absolute atomic E-state index is 6.09. The highest BCUT2D eigenvalue weighted by molar-refractivity contribution is 7.15. The van der Waals surface area contributed by atoms with Crippen LogP contribution in [-0.4, -0.2) is 44.6 Å². The van der Waals surface area contributed by atoms with Crippen LogP contribution in [0.3, 0.4) is 0 Å². The van der Waals surface area contributed by atoms with Crippen molar-refractivity contribution in [2.45, 2.75) is 38.9 Å². The van der Waals surface area contributed by atoms with Crippen LogP contribution in [0, 0.1) is 0 Å². The van der Waals surface area contributed by atoms with Crippen molar-refractivity contribution < 1.29 is 14.0 Å². The van der Waals surface area contributed by atoms with Gasteiger partial charge in [0.25, 0.3) is 0 Å². The maximum Gasteiger partial charge on any atom is 0.495 e. The van der Waals surface area contributed by atoms with E-state index in [9.17, 15) is 0 Å². The Morgan fingerprint density at radius 3 is 2.30 bits per heavy atom. The highest BCUT2D eigenvalue weighted by Gasteiger charge is 2.51. The first-order valence-electron chi connectivity index (χ1n) is 7.16. The summed E-state index contributed by atoms with van der Waals surface area (Å²) in [5.74, 6) is 0. The Morgan fingerprint density at radius 2 is 1.70 bits per heavy atom. The Labute approximate surface area is 125 Å². The molecule has 0 N–H and O–H groups in total. The van der Waals surface area contributed by atoms with E-state index in [0.717, 1.165) is 31.8 Å². The van der Waals surface area contributed by atoms with Gasteiger partial charge < -0.3 is 18.9 Å². The second-order valence-electron chi connectivity index (χ2n) is 6.41. The molecule has 0 amide bonds. The first-order valence-corrected chi connectivity index (χ1v) is 8.04. The van der Waals surface area contributed by atoms with Gasteiger partial charge in [-0.1, -0.05) is 0 Å². The van der Waals surface area contributed by atoms with Crippen LogP contribution in [0.5, 0.6) is 0 Å². The van der Waals surface area contributed by atoms with Gasteiger partial charge in [-0.25, -0.2) is 0 Å². The van der Waals surface area contributed by atoms with Gasteiger partial charge >= 0.3 is 7.12 Å². The molecule has 20 heavy (non-hydrogen) atoms. The van der Waals surface area contributed by atoms with Crippen molar-refractivity contribution in [3.63, 3.8) is 0 Å². The zero-order chi connectivity index (χ0) is 14.4. The Balaban J connectivity index is 1.74. The molecule has 0 saturated carbocycles. The minimum Gasteiger partial charge on any atom is -0.399 e. The molecule has 3 heterocycles. The average molecular weight is 295 g/mol. The molecular formula is C14H22BNO3S. The fraction of sp³-hybridized carbons (Fsp3) is 0.714. The Morgan fingerprint density at radius 1 is 1.10 bits per heavy atom. The largest absolute Gasteiger partial charge is 0.495 e. The highest BCUT2D eigenvalue weighted by atomic mass is 32.1. The first-order chi connectivity index (χ1) is 9.39. The summed E-state index contributed by atoms with van der Waals surface area (Å²) >= 11 is 1.75. The van der Waals surface area contributed by atoms with Crippen LogP contribution in [-0.2, 0) is 14.0 Å². The quantitative estimate of drug-likeness (QED) is 0.780. The summed E-state index contributed by atoms with van der Waals surface area (Å²) in [6.45, 7) is 11.9. The number of anilines is 1. The van der Waals surface area contributed by atoms with Crippen LogP contribution < -0.4 is 10.4 Å². The van der Waals surface area contributed by atoms with Gasteiger partial charge in [0.05, 0.1) is 29.4 Å². The van der Waals surface area contributed by atoms with Gasteiger partial charge in [0.1, 0.15) is 0 Å². The number of ether oxygens (including phenoxy) is 1. The molecule has 4 nitrogen and oxygen atoms in total. The van der Waals surface area contributed by atoms with Crippen molar-refractivity contribution in [2.75, 3.05) is 31.2 Å². The summed E-state index contributed by atoms with van der Waals surface area (Å²) < 4.78 is 17.6. The number of rotatable bonds is 2. The van der Waals surface area contributed by atoms with Crippen molar-refractivity contribution in [1.82, 2.24) is 0 Å². The second-order valence-corrected chi connectivity index (χ2v) is 7.30. The first kappa shape index (κ1) is 14.4.